The second kappa shape index (κ2) is 7.89. The third kappa shape index (κ3) is 3.79. The predicted octanol–water partition coefficient (Wildman–Crippen LogP) is 2.78. The van der Waals surface area contributed by atoms with Gasteiger partial charge in [-0.15, -0.1) is 0 Å². The van der Waals surface area contributed by atoms with Gasteiger partial charge in [0.1, 0.15) is 5.75 Å². The van der Waals surface area contributed by atoms with E-state index in [9.17, 15) is 14.6 Å². The van der Waals surface area contributed by atoms with Crippen LogP contribution in [0.25, 0.3) is 22.5 Å². The summed E-state index contributed by atoms with van der Waals surface area (Å²) in [6, 6.07) is 6.10. The average Bonchev–Trinajstić information content (AvgIpc) is 3.09. The van der Waals surface area contributed by atoms with E-state index in [0.29, 0.717) is 36.2 Å². The molecule has 8 nitrogen and oxygen atoms in total. The number of fused-ring (bicyclic) bond motifs is 1. The van der Waals surface area contributed by atoms with E-state index >= 15 is 0 Å². The second-order valence-corrected chi connectivity index (χ2v) is 7.54. The van der Waals surface area contributed by atoms with Crippen LogP contribution < -0.4 is 5.32 Å². The maximum absolute atomic E-state index is 14.7. The summed E-state index contributed by atoms with van der Waals surface area (Å²) < 4.78 is 20.3. The number of anilines is 1. The van der Waals surface area contributed by atoms with Crippen LogP contribution in [-0.2, 0) is 0 Å². The van der Waals surface area contributed by atoms with E-state index in [1.165, 1.54) is 12.1 Å². The molecule has 3 N–H and O–H groups in total. The molecule has 3 aromatic rings. The number of hydrogen-bond acceptors (Lipinski definition) is 8. The highest BCUT2D eigenvalue weighted by molar-refractivity contribution is 5.79. The highest BCUT2D eigenvalue weighted by Crippen LogP contribution is 2.34. The Morgan fingerprint density at radius 3 is 2.83 bits per heavy atom. The van der Waals surface area contributed by atoms with E-state index in [-0.39, 0.29) is 34.7 Å². The van der Waals surface area contributed by atoms with Crippen molar-refractivity contribution >= 4 is 17.2 Å². The number of piperidine rings is 1. The number of aromatic hydroxyl groups is 1. The number of aryl methyl sites for hydroxylation is 1. The lowest BCUT2D eigenvalue weighted by Gasteiger charge is -2.34. The number of benzene rings is 1. The molecule has 0 bridgehead atoms. The third-order valence-corrected chi connectivity index (χ3v) is 5.29. The van der Waals surface area contributed by atoms with E-state index in [2.05, 4.69) is 20.2 Å². The summed E-state index contributed by atoms with van der Waals surface area (Å²) in [6.07, 6.45) is 0.0821. The number of aliphatic hydroxyl groups is 1. The van der Waals surface area contributed by atoms with E-state index in [4.69, 9.17) is 9.68 Å². The number of hydrogen-bond donors (Lipinski definition) is 3. The molecule has 0 saturated carbocycles. The van der Waals surface area contributed by atoms with Crippen LogP contribution in [0.1, 0.15) is 24.5 Å². The quantitative estimate of drug-likeness (QED) is 0.600. The minimum Gasteiger partial charge on any atom is -0.507 e. The summed E-state index contributed by atoms with van der Waals surface area (Å²) in [5.41, 5.74) is 1.41. The van der Waals surface area contributed by atoms with Gasteiger partial charge in [0.15, 0.2) is 5.82 Å². The number of aliphatic hydroxyl groups excluding tert-OH is 1. The monoisotopic (exact) mass is 411 g/mol. The number of phenols is 1. The molecule has 4 rings (SSSR count). The SMILES string of the molecule is CCN1C[C@@H](O)C[C@@H](Nc2nc3nc(-c4c(C)cc(C#N)cc4O)cc(F)c3o2)C1. The molecule has 3 heterocycles. The van der Waals surface area contributed by atoms with Gasteiger partial charge in [-0.3, -0.25) is 4.90 Å². The van der Waals surface area contributed by atoms with Gasteiger partial charge >= 0.3 is 0 Å². The number of halogens is 1. The van der Waals surface area contributed by atoms with Crippen LogP contribution in [0, 0.1) is 24.1 Å². The smallest absolute Gasteiger partial charge is 0.297 e. The van der Waals surface area contributed by atoms with Gasteiger partial charge in [0.2, 0.25) is 11.2 Å². The van der Waals surface area contributed by atoms with Gasteiger partial charge in [0, 0.05) is 30.8 Å². The number of β-amino-alcohol motifs (C(OH)–C–C–N with tert-alkyl or cyclic N) is 1. The molecule has 1 aliphatic heterocycles. The van der Waals surface area contributed by atoms with Gasteiger partial charge in [0.05, 0.1) is 23.4 Å². The fourth-order valence-electron chi connectivity index (χ4n) is 3.93. The standard InChI is InChI=1S/C21H22FN5O3/c1-3-27-9-13(6-14(28)10-27)24-21-26-20-19(30-21)15(22)7-16(25-20)18-11(2)4-12(8-23)5-17(18)29/h4-5,7,13-14,28-29H,3,6,9-10H2,1-2H3,(H,24,25,26)/t13-,14+/m1/s1. The summed E-state index contributed by atoms with van der Waals surface area (Å²) in [7, 11) is 0. The molecule has 0 amide bonds. The highest BCUT2D eigenvalue weighted by Gasteiger charge is 2.26. The molecule has 0 radical (unpaired) electrons. The van der Waals surface area contributed by atoms with Gasteiger partial charge in [-0.25, -0.2) is 9.37 Å². The van der Waals surface area contributed by atoms with Gasteiger partial charge in [-0.05, 0) is 37.6 Å². The van der Waals surface area contributed by atoms with Crippen LogP contribution >= 0.6 is 0 Å². The van der Waals surface area contributed by atoms with E-state index < -0.39 is 11.9 Å². The zero-order valence-electron chi connectivity index (χ0n) is 16.7. The number of nitrogens with one attached hydrogen (secondary N) is 1. The number of aromatic nitrogens is 2. The molecule has 30 heavy (non-hydrogen) atoms. The fourth-order valence-corrected chi connectivity index (χ4v) is 3.93. The fraction of sp³-hybridized carbons (Fsp3) is 0.381. The molecular weight excluding hydrogens is 389 g/mol. The number of rotatable bonds is 4. The molecular formula is C21H22FN5O3. The van der Waals surface area contributed by atoms with Crippen molar-refractivity contribution < 1.29 is 19.0 Å². The first-order valence-electron chi connectivity index (χ1n) is 9.76. The van der Waals surface area contributed by atoms with Crippen LogP contribution in [0.15, 0.2) is 22.6 Å². The molecule has 1 saturated heterocycles. The van der Waals surface area contributed by atoms with Crippen molar-refractivity contribution in [2.45, 2.75) is 32.4 Å². The number of pyridine rings is 1. The summed E-state index contributed by atoms with van der Waals surface area (Å²) >= 11 is 0. The number of likely N-dealkylation sites (tertiary alicyclic amines) is 1. The summed E-state index contributed by atoms with van der Waals surface area (Å²) in [5, 5.41) is 32.5. The third-order valence-electron chi connectivity index (χ3n) is 5.29. The maximum Gasteiger partial charge on any atom is 0.297 e. The Labute approximate surface area is 172 Å². The molecule has 1 aromatic carbocycles. The van der Waals surface area contributed by atoms with Crippen molar-refractivity contribution in [2.24, 2.45) is 0 Å². The highest BCUT2D eigenvalue weighted by atomic mass is 19.1. The number of phenolic OH excluding ortho intramolecular Hbond substituents is 1. The molecule has 9 heteroatoms. The maximum atomic E-state index is 14.7. The average molecular weight is 411 g/mol. The van der Waals surface area contributed by atoms with Crippen molar-refractivity contribution in [1.29, 1.82) is 5.26 Å². The van der Waals surface area contributed by atoms with Gasteiger partial charge < -0.3 is 19.9 Å². The molecule has 0 unspecified atom stereocenters. The molecule has 156 valence electrons. The first kappa shape index (κ1) is 20.1. The molecule has 2 atom stereocenters. The Morgan fingerprint density at radius 2 is 2.13 bits per heavy atom. The first-order chi connectivity index (χ1) is 14.4. The van der Waals surface area contributed by atoms with Gasteiger partial charge in [-0.1, -0.05) is 6.92 Å². The van der Waals surface area contributed by atoms with Crippen molar-refractivity contribution in [1.82, 2.24) is 14.9 Å². The number of nitrogens with zero attached hydrogens (tertiary/aromatic N) is 4. The zero-order chi connectivity index (χ0) is 21.4. The van der Waals surface area contributed by atoms with Crippen LogP contribution in [0.3, 0.4) is 0 Å². The Hall–Kier alpha value is -3.22. The first-order valence-corrected chi connectivity index (χ1v) is 9.76. The Kier molecular flexibility index (Phi) is 5.28. The zero-order valence-corrected chi connectivity index (χ0v) is 16.7. The van der Waals surface area contributed by atoms with Crippen LogP contribution in [-0.4, -0.2) is 56.9 Å². The van der Waals surface area contributed by atoms with Crippen molar-refractivity contribution in [3.63, 3.8) is 0 Å². The summed E-state index contributed by atoms with van der Waals surface area (Å²) in [5.74, 6) is -0.812. The molecule has 2 aromatic heterocycles. The predicted molar refractivity (Wildman–Crippen MR) is 108 cm³/mol. The summed E-state index contributed by atoms with van der Waals surface area (Å²) in [4.78, 5) is 10.7. The van der Waals surface area contributed by atoms with E-state index in [1.807, 2.05) is 13.0 Å². The van der Waals surface area contributed by atoms with Crippen molar-refractivity contribution in [2.75, 3.05) is 25.0 Å². The minimum atomic E-state index is -0.655. The topological polar surface area (TPSA) is 118 Å². The largest absolute Gasteiger partial charge is 0.507 e. The number of likely N-dealkylation sites (N-methyl/N-ethyl adjacent to an activating group) is 1. The van der Waals surface area contributed by atoms with Crippen molar-refractivity contribution in [3.05, 3.63) is 35.1 Å². The molecule has 0 aliphatic carbocycles. The lowest BCUT2D eigenvalue weighted by molar-refractivity contribution is 0.0667. The Bertz CT molecular complexity index is 1120. The minimum absolute atomic E-state index is 0.0689. The molecule has 1 aliphatic rings. The second-order valence-electron chi connectivity index (χ2n) is 7.54. The normalized spacial score (nSPS) is 19.7. The molecule has 1 fully saturated rings. The Morgan fingerprint density at radius 1 is 1.33 bits per heavy atom. The van der Waals surface area contributed by atoms with E-state index in [1.54, 1.807) is 13.0 Å². The van der Waals surface area contributed by atoms with Gasteiger partial charge in [-0.2, -0.15) is 10.2 Å². The van der Waals surface area contributed by atoms with E-state index in [0.717, 1.165) is 6.54 Å². The lowest BCUT2D eigenvalue weighted by atomic mass is 10.0. The number of oxazole rings is 1. The van der Waals surface area contributed by atoms with Crippen molar-refractivity contribution in [3.8, 4) is 23.1 Å². The van der Waals surface area contributed by atoms with Crippen LogP contribution in [0.4, 0.5) is 10.4 Å². The van der Waals surface area contributed by atoms with Crippen LogP contribution in [0.2, 0.25) is 0 Å². The molecule has 0 spiro atoms. The summed E-state index contributed by atoms with van der Waals surface area (Å²) in [6.45, 7) is 5.88. The van der Waals surface area contributed by atoms with Gasteiger partial charge in [0.25, 0.3) is 6.01 Å². The Balaban J connectivity index is 1.67. The van der Waals surface area contributed by atoms with Crippen LogP contribution in [0.5, 0.6) is 5.75 Å². The number of nitriles is 1. The lowest BCUT2D eigenvalue weighted by Crippen LogP contribution is -2.48.